The molecule has 0 saturated carbocycles. The van der Waals surface area contributed by atoms with E-state index in [1.807, 2.05) is 0 Å². The number of aliphatic hydroxyl groups is 1. The van der Waals surface area contributed by atoms with Crippen molar-refractivity contribution in [2.24, 2.45) is 0 Å². The molecular weight excluding hydrogens is 375 g/mol. The number of rotatable bonds is 6. The maximum Gasteiger partial charge on any atom is 0.337 e. The summed E-state index contributed by atoms with van der Waals surface area (Å²) in [6.45, 7) is -0.303. The first-order chi connectivity index (χ1) is 11.8. The van der Waals surface area contributed by atoms with Gasteiger partial charge in [-0.2, -0.15) is 0 Å². The second-order valence-electron chi connectivity index (χ2n) is 5.04. The van der Waals surface area contributed by atoms with E-state index in [1.54, 1.807) is 0 Å². The summed E-state index contributed by atoms with van der Waals surface area (Å²) in [6.07, 6.45) is 0. The number of esters is 1. The minimum Gasteiger partial charge on any atom is -0.478 e. The molecule has 0 aliphatic carbocycles. The van der Waals surface area contributed by atoms with Crippen LogP contribution >= 0.6 is 23.2 Å². The van der Waals surface area contributed by atoms with Crippen molar-refractivity contribution in [3.63, 3.8) is 0 Å². The smallest absolute Gasteiger partial charge is 0.337 e. The van der Waals surface area contributed by atoms with Crippen molar-refractivity contribution in [1.82, 2.24) is 4.90 Å². The average Bonchev–Trinajstić information content (AvgIpc) is 2.86. The van der Waals surface area contributed by atoms with Crippen molar-refractivity contribution in [3.8, 4) is 0 Å². The Morgan fingerprint density at radius 2 is 2.00 bits per heavy atom. The Labute approximate surface area is 152 Å². The number of carboxylic acids is 1. The third kappa shape index (κ3) is 3.87. The summed E-state index contributed by atoms with van der Waals surface area (Å²) in [6, 6.07) is 2.38. The third-order valence-electron chi connectivity index (χ3n) is 3.50. The molecule has 0 unspecified atom stereocenters. The molecule has 0 saturated heterocycles. The van der Waals surface area contributed by atoms with Crippen LogP contribution in [0, 0.1) is 0 Å². The maximum atomic E-state index is 12.4. The quantitative estimate of drug-likeness (QED) is 0.630. The summed E-state index contributed by atoms with van der Waals surface area (Å²) in [5.41, 5.74) is -0.171. The molecule has 0 radical (unpaired) electrons. The van der Waals surface area contributed by atoms with Gasteiger partial charge >= 0.3 is 11.9 Å². The van der Waals surface area contributed by atoms with Crippen LogP contribution in [0.3, 0.4) is 0 Å². The summed E-state index contributed by atoms with van der Waals surface area (Å²) in [5.74, 6) is -2.54. The van der Waals surface area contributed by atoms with Gasteiger partial charge in [0.25, 0.3) is 5.91 Å². The number of halogens is 2. The first kappa shape index (κ1) is 19.0. The van der Waals surface area contributed by atoms with Crippen LogP contribution in [0.5, 0.6) is 0 Å². The highest BCUT2D eigenvalue weighted by atomic mass is 35.5. The van der Waals surface area contributed by atoms with Crippen molar-refractivity contribution >= 4 is 46.7 Å². The van der Waals surface area contributed by atoms with Gasteiger partial charge in [-0.1, -0.05) is 23.2 Å². The Bertz CT molecular complexity index is 778. The zero-order valence-electron chi connectivity index (χ0n) is 13.0. The van der Waals surface area contributed by atoms with Gasteiger partial charge in [-0.05, 0) is 12.1 Å². The lowest BCUT2D eigenvalue weighted by atomic mass is 10.1. The Balaban J connectivity index is 2.45. The molecular formula is C15H14Cl2N2O6. The first-order valence-corrected chi connectivity index (χ1v) is 7.76. The molecule has 0 bridgehead atoms. The number of hydrogen-bond acceptors (Lipinski definition) is 6. The van der Waals surface area contributed by atoms with Gasteiger partial charge < -0.3 is 25.2 Å². The van der Waals surface area contributed by atoms with E-state index >= 15 is 0 Å². The van der Waals surface area contributed by atoms with Crippen LogP contribution in [0.2, 0.25) is 10.0 Å². The number of β-amino-alcohol motifs (C(OH)–C–C–N with tert-alkyl or cyclic N) is 1. The van der Waals surface area contributed by atoms with Gasteiger partial charge in [-0.15, -0.1) is 0 Å². The first-order valence-electron chi connectivity index (χ1n) is 7.01. The van der Waals surface area contributed by atoms with Crippen molar-refractivity contribution in [3.05, 3.63) is 39.0 Å². The van der Waals surface area contributed by atoms with Crippen molar-refractivity contribution in [2.45, 2.75) is 0 Å². The average molecular weight is 389 g/mol. The minimum atomic E-state index is -1.27. The zero-order chi connectivity index (χ0) is 18.7. The number of aliphatic hydroxyl groups excluding tert-OH is 1. The molecule has 10 heteroatoms. The molecule has 2 rings (SSSR count). The van der Waals surface area contributed by atoms with Crippen LogP contribution in [0.4, 0.5) is 5.69 Å². The van der Waals surface area contributed by atoms with E-state index in [4.69, 9.17) is 33.4 Å². The molecule has 0 atom stereocenters. The lowest BCUT2D eigenvalue weighted by Crippen LogP contribution is -2.31. The van der Waals surface area contributed by atoms with Gasteiger partial charge in [0.15, 0.2) is 0 Å². The summed E-state index contributed by atoms with van der Waals surface area (Å²) < 4.78 is 4.66. The van der Waals surface area contributed by atoms with Crippen LogP contribution in [-0.4, -0.2) is 59.8 Å². The second kappa shape index (κ2) is 7.73. The number of carbonyl (C=O) groups excluding carboxylic acids is 2. The number of benzene rings is 1. The second-order valence-corrected chi connectivity index (χ2v) is 5.85. The van der Waals surface area contributed by atoms with E-state index in [0.29, 0.717) is 0 Å². The number of amides is 1. The van der Waals surface area contributed by atoms with Gasteiger partial charge in [0.1, 0.15) is 5.70 Å². The predicted octanol–water partition coefficient (Wildman–Crippen LogP) is 1.37. The maximum absolute atomic E-state index is 12.4. The SMILES string of the molecule is COC(=O)C1=C(Nc2cc(C(=O)O)c(Cl)cc2Cl)C(=O)N(CCO)C1. The predicted molar refractivity (Wildman–Crippen MR) is 89.8 cm³/mol. The molecule has 134 valence electrons. The lowest BCUT2D eigenvalue weighted by molar-refractivity contribution is -0.136. The topological polar surface area (TPSA) is 116 Å². The zero-order valence-corrected chi connectivity index (χ0v) is 14.5. The number of carbonyl (C=O) groups is 3. The molecule has 1 aliphatic rings. The summed E-state index contributed by atoms with van der Waals surface area (Å²) in [4.78, 5) is 36.8. The highest BCUT2D eigenvalue weighted by Gasteiger charge is 2.34. The number of anilines is 1. The van der Waals surface area contributed by atoms with Crippen LogP contribution in [0.15, 0.2) is 23.4 Å². The minimum absolute atomic E-state index is 0.0270. The molecule has 1 aromatic rings. The van der Waals surface area contributed by atoms with Crippen LogP contribution < -0.4 is 5.32 Å². The molecule has 8 nitrogen and oxygen atoms in total. The number of hydrogen-bond donors (Lipinski definition) is 3. The number of aromatic carboxylic acids is 1. The summed E-state index contributed by atoms with van der Waals surface area (Å²) in [7, 11) is 1.17. The Morgan fingerprint density at radius 3 is 2.56 bits per heavy atom. The molecule has 25 heavy (non-hydrogen) atoms. The molecule has 1 aliphatic heterocycles. The number of carboxylic acid groups (broad SMARTS) is 1. The van der Waals surface area contributed by atoms with E-state index in [0.717, 1.165) is 6.07 Å². The van der Waals surface area contributed by atoms with E-state index in [-0.39, 0.29) is 52.3 Å². The number of nitrogens with one attached hydrogen (secondary N) is 1. The van der Waals surface area contributed by atoms with Gasteiger partial charge in [0.2, 0.25) is 0 Å². The fraction of sp³-hybridized carbons (Fsp3) is 0.267. The molecule has 0 fully saturated rings. The van der Waals surface area contributed by atoms with Crippen molar-refractivity contribution in [1.29, 1.82) is 0 Å². The highest BCUT2D eigenvalue weighted by Crippen LogP contribution is 2.32. The van der Waals surface area contributed by atoms with E-state index in [9.17, 15) is 14.4 Å². The number of methoxy groups -OCH3 is 1. The van der Waals surface area contributed by atoms with E-state index < -0.39 is 17.8 Å². The molecule has 1 heterocycles. The van der Waals surface area contributed by atoms with Gasteiger partial charge in [-0.25, -0.2) is 9.59 Å². The molecule has 3 N–H and O–H groups in total. The molecule has 1 aromatic carbocycles. The Morgan fingerprint density at radius 1 is 1.32 bits per heavy atom. The number of nitrogens with zero attached hydrogens (tertiary/aromatic N) is 1. The molecule has 0 aromatic heterocycles. The van der Waals surface area contributed by atoms with E-state index in [1.165, 1.54) is 18.1 Å². The third-order valence-corrected chi connectivity index (χ3v) is 4.13. The number of ether oxygens (including phenoxy) is 1. The van der Waals surface area contributed by atoms with E-state index in [2.05, 4.69) is 10.1 Å². The lowest BCUT2D eigenvalue weighted by Gasteiger charge is -2.15. The summed E-state index contributed by atoms with van der Waals surface area (Å²) >= 11 is 11.9. The largest absolute Gasteiger partial charge is 0.478 e. The van der Waals surface area contributed by atoms with Crippen molar-refractivity contribution in [2.75, 3.05) is 32.1 Å². The van der Waals surface area contributed by atoms with Crippen LogP contribution in [0.1, 0.15) is 10.4 Å². The highest BCUT2D eigenvalue weighted by molar-refractivity contribution is 6.38. The Hall–Kier alpha value is -2.29. The van der Waals surface area contributed by atoms with Crippen molar-refractivity contribution < 1.29 is 29.3 Å². The Kier molecular flexibility index (Phi) is 5.89. The fourth-order valence-electron chi connectivity index (χ4n) is 2.29. The van der Waals surface area contributed by atoms with Gasteiger partial charge in [0.05, 0.1) is 47.1 Å². The normalized spacial score (nSPS) is 14.1. The monoisotopic (exact) mass is 388 g/mol. The van der Waals surface area contributed by atoms with Crippen LogP contribution in [0.25, 0.3) is 0 Å². The van der Waals surface area contributed by atoms with Crippen LogP contribution in [-0.2, 0) is 14.3 Å². The molecule has 0 spiro atoms. The summed E-state index contributed by atoms with van der Waals surface area (Å²) in [5, 5.41) is 20.9. The van der Waals surface area contributed by atoms with Gasteiger partial charge in [0, 0.05) is 6.54 Å². The fourth-order valence-corrected chi connectivity index (χ4v) is 2.80. The van der Waals surface area contributed by atoms with Gasteiger partial charge in [-0.3, -0.25) is 4.79 Å². The standard InChI is InChI=1S/C15H14Cl2N2O6/c1-25-15(24)8-6-19(2-3-20)13(21)12(8)18-11-4-7(14(22)23)9(16)5-10(11)17/h4-5,18,20H,2-3,6H2,1H3,(H,22,23). The molecule has 1 amide bonds.